The number of aryl methyl sites for hydroxylation is 1. The van der Waals surface area contributed by atoms with E-state index in [1.54, 1.807) is 0 Å². The van der Waals surface area contributed by atoms with Crippen molar-refractivity contribution >= 4 is 29.3 Å². The van der Waals surface area contributed by atoms with E-state index in [-0.39, 0.29) is 24.3 Å². The molecule has 1 heterocycles. The van der Waals surface area contributed by atoms with Crippen LogP contribution in [0.4, 0.5) is 5.69 Å². The summed E-state index contributed by atoms with van der Waals surface area (Å²) in [7, 11) is 0. The molecule has 2 amide bonds. The van der Waals surface area contributed by atoms with Crippen LogP contribution in [0.3, 0.4) is 0 Å². The van der Waals surface area contributed by atoms with Gasteiger partial charge in [0.25, 0.3) is 0 Å². The number of amides is 2. The van der Waals surface area contributed by atoms with Gasteiger partial charge in [-0.25, -0.2) is 0 Å². The van der Waals surface area contributed by atoms with Crippen LogP contribution in [0.15, 0.2) is 29.4 Å². The molecule has 8 heteroatoms. The summed E-state index contributed by atoms with van der Waals surface area (Å²) in [5.74, 6) is 1.33. The van der Waals surface area contributed by atoms with Crippen LogP contribution in [0.5, 0.6) is 0 Å². The molecule has 2 N–H and O–H groups in total. The van der Waals surface area contributed by atoms with Crippen LogP contribution >= 0.6 is 11.8 Å². The Kier molecular flexibility index (Phi) is 7.90. The van der Waals surface area contributed by atoms with Gasteiger partial charge in [-0.2, -0.15) is 0 Å². The number of carbonyl (C=O) groups excluding carboxylic acids is 2. The predicted molar refractivity (Wildman–Crippen MR) is 119 cm³/mol. The zero-order chi connectivity index (χ0) is 21.5. The highest BCUT2D eigenvalue weighted by Crippen LogP contribution is 2.24. The lowest BCUT2D eigenvalue weighted by Crippen LogP contribution is -2.41. The molecule has 162 valence electrons. The largest absolute Gasteiger partial charge is 0.352 e. The molecule has 1 aromatic carbocycles. The second kappa shape index (κ2) is 10.6. The molecule has 30 heavy (non-hydrogen) atoms. The normalized spacial score (nSPS) is 18.8. The molecule has 7 nitrogen and oxygen atoms in total. The van der Waals surface area contributed by atoms with Gasteiger partial charge >= 0.3 is 0 Å². The van der Waals surface area contributed by atoms with Crippen LogP contribution in [-0.4, -0.2) is 38.4 Å². The third-order valence-electron chi connectivity index (χ3n) is 5.55. The maximum absolute atomic E-state index is 12.4. The quantitative estimate of drug-likeness (QED) is 0.626. The first-order chi connectivity index (χ1) is 14.5. The van der Waals surface area contributed by atoms with E-state index in [9.17, 15) is 9.59 Å². The van der Waals surface area contributed by atoms with Crippen molar-refractivity contribution in [3.8, 4) is 0 Å². The van der Waals surface area contributed by atoms with E-state index in [0.29, 0.717) is 29.2 Å². The van der Waals surface area contributed by atoms with Gasteiger partial charge in [0.15, 0.2) is 5.16 Å². The van der Waals surface area contributed by atoms with Crippen molar-refractivity contribution in [2.45, 2.75) is 70.6 Å². The molecular formula is C22H31N5O2S. The van der Waals surface area contributed by atoms with Crippen molar-refractivity contribution in [3.05, 3.63) is 35.7 Å². The summed E-state index contributed by atoms with van der Waals surface area (Å²) >= 11 is 1.37. The van der Waals surface area contributed by atoms with E-state index in [1.165, 1.54) is 31.0 Å². The number of nitrogens with zero attached hydrogens (tertiary/aromatic N) is 3. The Bertz CT molecular complexity index is 865. The molecule has 0 spiro atoms. The number of benzene rings is 1. The van der Waals surface area contributed by atoms with Crippen LogP contribution in [-0.2, 0) is 22.6 Å². The first-order valence-electron chi connectivity index (χ1n) is 10.7. The van der Waals surface area contributed by atoms with Crippen LogP contribution in [0.1, 0.15) is 50.9 Å². The molecule has 1 aliphatic rings. The number of aromatic nitrogens is 3. The van der Waals surface area contributed by atoms with Crippen molar-refractivity contribution < 1.29 is 9.59 Å². The average molecular weight is 430 g/mol. The second-order valence-electron chi connectivity index (χ2n) is 7.96. The molecule has 1 saturated carbocycles. The third kappa shape index (κ3) is 6.08. The van der Waals surface area contributed by atoms with E-state index >= 15 is 0 Å². The van der Waals surface area contributed by atoms with Gasteiger partial charge < -0.3 is 15.2 Å². The minimum absolute atomic E-state index is 0.0306. The van der Waals surface area contributed by atoms with E-state index < -0.39 is 0 Å². The summed E-state index contributed by atoms with van der Waals surface area (Å²) in [4.78, 5) is 24.8. The lowest BCUT2D eigenvalue weighted by molar-refractivity contribution is -0.120. The van der Waals surface area contributed by atoms with Crippen LogP contribution in [0.2, 0.25) is 0 Å². The molecule has 0 aliphatic heterocycles. The highest BCUT2D eigenvalue weighted by atomic mass is 32.2. The highest BCUT2D eigenvalue weighted by Gasteiger charge is 2.23. The van der Waals surface area contributed by atoms with Gasteiger partial charge in [-0.05, 0) is 44.7 Å². The minimum Gasteiger partial charge on any atom is -0.352 e. The number of hydrogen-bond acceptors (Lipinski definition) is 5. The SMILES string of the molecule is CCn1c(CC(=O)Nc2ccc(C)cc2)nnc1SCC(=O)N[C@H]1CCCC[C@H]1C. The van der Waals surface area contributed by atoms with Crippen molar-refractivity contribution in [2.24, 2.45) is 5.92 Å². The van der Waals surface area contributed by atoms with Gasteiger partial charge in [-0.1, -0.05) is 49.2 Å². The topological polar surface area (TPSA) is 88.9 Å². The third-order valence-corrected chi connectivity index (χ3v) is 6.52. The van der Waals surface area contributed by atoms with Crippen LogP contribution in [0, 0.1) is 12.8 Å². The Balaban J connectivity index is 1.53. The van der Waals surface area contributed by atoms with E-state index in [0.717, 1.165) is 17.7 Å². The molecule has 0 radical (unpaired) electrons. The van der Waals surface area contributed by atoms with Crippen molar-refractivity contribution in [1.29, 1.82) is 0 Å². The minimum atomic E-state index is -0.137. The zero-order valence-electron chi connectivity index (χ0n) is 18.0. The molecule has 0 bridgehead atoms. The fraction of sp³-hybridized carbons (Fsp3) is 0.545. The Morgan fingerprint density at radius 2 is 1.87 bits per heavy atom. The molecular weight excluding hydrogens is 398 g/mol. The van der Waals surface area contributed by atoms with E-state index in [2.05, 4.69) is 27.8 Å². The maximum atomic E-state index is 12.4. The van der Waals surface area contributed by atoms with Crippen LogP contribution in [0.25, 0.3) is 0 Å². The van der Waals surface area contributed by atoms with Crippen molar-refractivity contribution in [1.82, 2.24) is 20.1 Å². The standard InChI is InChI=1S/C22H31N5O2S/c1-4-27-19(13-20(28)23-17-11-9-15(2)10-12-17)25-26-22(27)30-14-21(29)24-18-8-6-5-7-16(18)3/h9-12,16,18H,4-8,13-14H2,1-3H3,(H,23,28)(H,24,29)/t16-,18+/m1/s1. The molecule has 3 rings (SSSR count). The summed E-state index contributed by atoms with van der Waals surface area (Å²) in [6, 6.07) is 7.95. The summed E-state index contributed by atoms with van der Waals surface area (Å²) in [5, 5.41) is 15.1. The Morgan fingerprint density at radius 1 is 1.13 bits per heavy atom. The van der Waals surface area contributed by atoms with Gasteiger partial charge in [0.05, 0.1) is 12.2 Å². The van der Waals surface area contributed by atoms with Gasteiger partial charge in [-0.15, -0.1) is 10.2 Å². The van der Waals surface area contributed by atoms with Crippen molar-refractivity contribution in [3.63, 3.8) is 0 Å². The number of thioether (sulfide) groups is 1. The van der Waals surface area contributed by atoms with E-state index in [4.69, 9.17) is 0 Å². The Labute approximate surface area is 182 Å². The molecule has 1 aromatic heterocycles. The fourth-order valence-corrected chi connectivity index (χ4v) is 4.60. The van der Waals surface area contributed by atoms with Crippen molar-refractivity contribution in [2.75, 3.05) is 11.1 Å². The smallest absolute Gasteiger partial charge is 0.232 e. The molecule has 2 atom stereocenters. The number of rotatable bonds is 8. The molecule has 2 aromatic rings. The summed E-state index contributed by atoms with van der Waals surface area (Å²) in [6.07, 6.45) is 4.81. The maximum Gasteiger partial charge on any atom is 0.232 e. The van der Waals surface area contributed by atoms with Gasteiger partial charge in [0.1, 0.15) is 5.82 Å². The predicted octanol–water partition coefficient (Wildman–Crippen LogP) is 3.57. The number of hydrogen-bond donors (Lipinski definition) is 2. The number of carbonyl (C=O) groups is 2. The lowest BCUT2D eigenvalue weighted by atomic mass is 9.86. The molecule has 1 aliphatic carbocycles. The second-order valence-corrected chi connectivity index (χ2v) is 8.90. The van der Waals surface area contributed by atoms with Gasteiger partial charge in [0, 0.05) is 18.3 Å². The molecule has 0 saturated heterocycles. The van der Waals surface area contributed by atoms with Gasteiger partial charge in [-0.3, -0.25) is 9.59 Å². The Morgan fingerprint density at radius 3 is 2.57 bits per heavy atom. The van der Waals surface area contributed by atoms with Crippen LogP contribution < -0.4 is 10.6 Å². The average Bonchev–Trinajstić information content (AvgIpc) is 3.11. The molecule has 0 unspecified atom stereocenters. The lowest BCUT2D eigenvalue weighted by Gasteiger charge is -2.29. The number of nitrogens with one attached hydrogen (secondary N) is 2. The highest BCUT2D eigenvalue weighted by molar-refractivity contribution is 7.99. The monoisotopic (exact) mass is 429 g/mol. The molecule has 1 fully saturated rings. The fourth-order valence-electron chi connectivity index (χ4n) is 3.77. The Hall–Kier alpha value is -2.35. The first-order valence-corrected chi connectivity index (χ1v) is 11.7. The summed E-state index contributed by atoms with van der Waals surface area (Å²) in [5.41, 5.74) is 1.90. The van der Waals surface area contributed by atoms with E-state index in [1.807, 2.05) is 42.7 Å². The zero-order valence-corrected chi connectivity index (χ0v) is 18.8. The summed E-state index contributed by atoms with van der Waals surface area (Å²) < 4.78 is 1.90. The summed E-state index contributed by atoms with van der Waals surface area (Å²) in [6.45, 7) is 6.84. The first kappa shape index (κ1) is 22.3. The van der Waals surface area contributed by atoms with Gasteiger partial charge in [0.2, 0.25) is 11.8 Å². The number of anilines is 1.